The van der Waals surface area contributed by atoms with E-state index in [4.69, 9.17) is 14.5 Å². The summed E-state index contributed by atoms with van der Waals surface area (Å²) in [5.41, 5.74) is 3.11. The number of methoxy groups -OCH3 is 1. The molecule has 1 aromatic heterocycles. The summed E-state index contributed by atoms with van der Waals surface area (Å²) in [5.74, 6) is 0.285. The average Bonchev–Trinajstić information content (AvgIpc) is 3.23. The first kappa shape index (κ1) is 25.2. The van der Waals surface area contributed by atoms with Crippen molar-refractivity contribution in [1.82, 2.24) is 4.57 Å². The molecule has 0 amide bonds. The number of thiazole rings is 1. The van der Waals surface area contributed by atoms with Crippen LogP contribution in [0.5, 0.6) is 5.75 Å². The van der Waals surface area contributed by atoms with Crippen molar-refractivity contribution >= 4 is 51.7 Å². The second kappa shape index (κ2) is 10.9. The molecule has 8 heteroatoms. The zero-order valence-corrected chi connectivity index (χ0v) is 23.2. The van der Waals surface area contributed by atoms with Gasteiger partial charge < -0.3 is 9.47 Å². The van der Waals surface area contributed by atoms with E-state index in [0.717, 1.165) is 26.0 Å². The number of ether oxygens (including phenoxy) is 2. The van der Waals surface area contributed by atoms with Crippen LogP contribution in [-0.2, 0) is 9.53 Å². The lowest BCUT2D eigenvalue weighted by Gasteiger charge is -2.25. The third kappa shape index (κ3) is 4.91. The van der Waals surface area contributed by atoms with Gasteiger partial charge in [-0.3, -0.25) is 9.36 Å². The molecule has 0 N–H and O–H groups in total. The monoisotopic (exact) mass is 622 g/mol. The summed E-state index contributed by atoms with van der Waals surface area (Å²) in [6.45, 7) is 1.98. The van der Waals surface area contributed by atoms with Gasteiger partial charge in [0.2, 0.25) is 0 Å². The molecular formula is C29H23IN2O4S. The van der Waals surface area contributed by atoms with Gasteiger partial charge in [-0.25, -0.2) is 9.79 Å². The SMILES string of the molecule is CCOC(=O)C1=C(c2ccccc2)N=c2s/c(=C/c3ccc(OC)c(I)c3)c(=O)n2[C@H]1c1ccccc1. The molecule has 0 fully saturated rings. The Kier molecular flexibility index (Phi) is 7.38. The average molecular weight is 622 g/mol. The maximum absolute atomic E-state index is 13.9. The van der Waals surface area contributed by atoms with Gasteiger partial charge in [0.15, 0.2) is 4.80 Å². The third-order valence-corrected chi connectivity index (χ3v) is 7.79. The fourth-order valence-electron chi connectivity index (χ4n) is 4.31. The highest BCUT2D eigenvalue weighted by Crippen LogP contribution is 2.35. The first-order valence-electron chi connectivity index (χ1n) is 11.7. The number of hydrogen-bond donors (Lipinski definition) is 0. The molecule has 3 aromatic carbocycles. The van der Waals surface area contributed by atoms with Gasteiger partial charge in [0.25, 0.3) is 5.56 Å². The van der Waals surface area contributed by atoms with E-state index >= 15 is 0 Å². The van der Waals surface area contributed by atoms with Crippen LogP contribution in [0.1, 0.15) is 29.7 Å². The number of carbonyl (C=O) groups excluding carboxylic acids is 1. The zero-order chi connectivity index (χ0) is 25.9. The Morgan fingerprint density at radius 3 is 2.43 bits per heavy atom. The summed E-state index contributed by atoms with van der Waals surface area (Å²) in [5, 5.41) is 0. The summed E-state index contributed by atoms with van der Waals surface area (Å²) in [6, 6.07) is 24.2. The fourth-order valence-corrected chi connectivity index (χ4v) is 6.08. The van der Waals surface area contributed by atoms with Crippen LogP contribution in [-0.4, -0.2) is 24.3 Å². The predicted molar refractivity (Wildman–Crippen MR) is 153 cm³/mol. The van der Waals surface area contributed by atoms with Crippen molar-refractivity contribution in [2.45, 2.75) is 13.0 Å². The minimum atomic E-state index is -0.676. The van der Waals surface area contributed by atoms with E-state index in [2.05, 4.69) is 22.6 Å². The molecule has 186 valence electrons. The highest BCUT2D eigenvalue weighted by Gasteiger charge is 2.35. The van der Waals surface area contributed by atoms with Gasteiger partial charge in [-0.2, -0.15) is 0 Å². The molecule has 0 saturated heterocycles. The zero-order valence-electron chi connectivity index (χ0n) is 20.2. The Hall–Kier alpha value is -3.50. The normalized spacial score (nSPS) is 15.2. The molecule has 6 nitrogen and oxygen atoms in total. The number of carbonyl (C=O) groups is 1. The van der Waals surface area contributed by atoms with Gasteiger partial charge in [-0.1, -0.05) is 78.1 Å². The third-order valence-electron chi connectivity index (χ3n) is 5.96. The van der Waals surface area contributed by atoms with Crippen LogP contribution in [0, 0.1) is 3.57 Å². The van der Waals surface area contributed by atoms with E-state index < -0.39 is 12.0 Å². The molecule has 1 aliphatic rings. The Morgan fingerprint density at radius 1 is 1.08 bits per heavy atom. The van der Waals surface area contributed by atoms with E-state index in [1.165, 1.54) is 11.3 Å². The second-order valence-electron chi connectivity index (χ2n) is 8.24. The Labute approximate surface area is 231 Å². The van der Waals surface area contributed by atoms with Gasteiger partial charge in [0, 0.05) is 5.56 Å². The van der Waals surface area contributed by atoms with Crippen LogP contribution in [0.4, 0.5) is 0 Å². The second-order valence-corrected chi connectivity index (χ2v) is 10.4. The van der Waals surface area contributed by atoms with Gasteiger partial charge in [-0.05, 0) is 58.9 Å². The van der Waals surface area contributed by atoms with Crippen molar-refractivity contribution in [3.8, 4) is 5.75 Å². The molecule has 1 atom stereocenters. The molecule has 0 saturated carbocycles. The van der Waals surface area contributed by atoms with Gasteiger partial charge in [0.05, 0.1) is 39.1 Å². The van der Waals surface area contributed by atoms with E-state index in [-0.39, 0.29) is 12.2 Å². The minimum absolute atomic E-state index is 0.211. The van der Waals surface area contributed by atoms with Crippen molar-refractivity contribution in [3.05, 3.63) is 124 Å². The molecule has 0 bridgehead atoms. The summed E-state index contributed by atoms with van der Waals surface area (Å²) in [6.07, 6.45) is 1.85. The first-order valence-corrected chi connectivity index (χ1v) is 13.6. The van der Waals surface area contributed by atoms with Crippen molar-refractivity contribution < 1.29 is 14.3 Å². The quantitative estimate of drug-likeness (QED) is 0.234. The Balaban J connectivity index is 1.80. The number of fused-ring (bicyclic) bond motifs is 1. The lowest BCUT2D eigenvalue weighted by atomic mass is 9.93. The first-order chi connectivity index (χ1) is 18.0. The number of aromatic nitrogens is 1. The van der Waals surface area contributed by atoms with E-state index in [1.54, 1.807) is 18.6 Å². The number of hydrogen-bond acceptors (Lipinski definition) is 6. The van der Waals surface area contributed by atoms with Crippen LogP contribution < -0.4 is 19.6 Å². The molecule has 2 heterocycles. The van der Waals surface area contributed by atoms with Crippen LogP contribution in [0.3, 0.4) is 0 Å². The van der Waals surface area contributed by atoms with Crippen molar-refractivity contribution in [2.75, 3.05) is 13.7 Å². The molecule has 1 aliphatic heterocycles. The molecule has 0 radical (unpaired) electrons. The number of halogens is 1. The van der Waals surface area contributed by atoms with Crippen LogP contribution in [0.25, 0.3) is 11.8 Å². The van der Waals surface area contributed by atoms with Crippen molar-refractivity contribution in [3.63, 3.8) is 0 Å². The number of benzene rings is 3. The van der Waals surface area contributed by atoms with Crippen molar-refractivity contribution in [1.29, 1.82) is 0 Å². The fraction of sp³-hybridized carbons (Fsp3) is 0.138. The summed E-state index contributed by atoms with van der Waals surface area (Å²) in [4.78, 5) is 32.7. The van der Waals surface area contributed by atoms with Crippen LogP contribution in [0.15, 0.2) is 94.2 Å². The highest BCUT2D eigenvalue weighted by atomic mass is 127. The lowest BCUT2D eigenvalue weighted by molar-refractivity contribution is -0.138. The summed E-state index contributed by atoms with van der Waals surface area (Å²) in [7, 11) is 1.63. The number of rotatable bonds is 6. The van der Waals surface area contributed by atoms with Gasteiger partial charge in [-0.15, -0.1) is 0 Å². The van der Waals surface area contributed by atoms with E-state index in [1.807, 2.05) is 84.9 Å². The molecule has 0 aliphatic carbocycles. The Bertz CT molecular complexity index is 1670. The number of esters is 1. The van der Waals surface area contributed by atoms with E-state index in [9.17, 15) is 9.59 Å². The standard InChI is InChI=1S/C29H23IN2O4S/c1-3-36-28(34)24-25(19-10-6-4-7-11-19)31-29-32(26(24)20-12-8-5-9-13-20)27(33)23(37-29)17-18-14-15-22(35-2)21(30)16-18/h4-17,26H,3H2,1-2H3/b23-17+/t26-/m0/s1. The topological polar surface area (TPSA) is 69.9 Å². The largest absolute Gasteiger partial charge is 0.496 e. The minimum Gasteiger partial charge on any atom is -0.496 e. The lowest BCUT2D eigenvalue weighted by Crippen LogP contribution is -2.39. The molecular weight excluding hydrogens is 599 g/mol. The maximum Gasteiger partial charge on any atom is 0.338 e. The van der Waals surface area contributed by atoms with Gasteiger partial charge >= 0.3 is 5.97 Å². The summed E-state index contributed by atoms with van der Waals surface area (Å²) >= 11 is 3.52. The Morgan fingerprint density at radius 2 is 1.78 bits per heavy atom. The van der Waals surface area contributed by atoms with Crippen molar-refractivity contribution in [2.24, 2.45) is 4.99 Å². The molecule has 0 spiro atoms. The molecule has 0 unspecified atom stereocenters. The molecule has 4 aromatic rings. The summed E-state index contributed by atoms with van der Waals surface area (Å²) < 4.78 is 13.9. The molecule has 37 heavy (non-hydrogen) atoms. The highest BCUT2D eigenvalue weighted by molar-refractivity contribution is 14.1. The smallest absolute Gasteiger partial charge is 0.338 e. The van der Waals surface area contributed by atoms with E-state index in [0.29, 0.717) is 20.6 Å². The van der Waals surface area contributed by atoms with Crippen LogP contribution in [0.2, 0.25) is 0 Å². The molecule has 5 rings (SSSR count). The number of nitrogens with zero attached hydrogens (tertiary/aromatic N) is 2. The van der Waals surface area contributed by atoms with Gasteiger partial charge in [0.1, 0.15) is 5.75 Å². The maximum atomic E-state index is 13.9. The van der Waals surface area contributed by atoms with Crippen LogP contribution >= 0.6 is 33.9 Å². The predicted octanol–water partition coefficient (Wildman–Crippen LogP) is 4.55.